The molecule has 152 valence electrons. The van der Waals surface area contributed by atoms with Crippen LogP contribution in [0.3, 0.4) is 0 Å². The molecule has 2 unspecified atom stereocenters. The fourth-order valence-corrected chi connectivity index (χ4v) is 3.09. The molecule has 0 spiro atoms. The number of hydrogen-bond acceptors (Lipinski definition) is 6. The molecule has 2 aromatic carbocycles. The number of methoxy groups -OCH3 is 2. The van der Waals surface area contributed by atoms with Gasteiger partial charge in [-0.1, -0.05) is 24.8 Å². The van der Waals surface area contributed by atoms with E-state index >= 15 is 0 Å². The van der Waals surface area contributed by atoms with Crippen molar-refractivity contribution in [3.8, 4) is 17.2 Å². The van der Waals surface area contributed by atoms with Crippen molar-refractivity contribution in [2.45, 2.75) is 12.6 Å². The van der Waals surface area contributed by atoms with Crippen LogP contribution in [-0.4, -0.2) is 31.3 Å². The quantitative estimate of drug-likeness (QED) is 0.646. The van der Waals surface area contributed by atoms with Crippen molar-refractivity contribution < 1.29 is 28.9 Å². The summed E-state index contributed by atoms with van der Waals surface area (Å²) < 4.78 is 15.7. The third-order valence-corrected chi connectivity index (χ3v) is 4.63. The first-order valence-corrected chi connectivity index (χ1v) is 8.85. The molecule has 1 aliphatic rings. The van der Waals surface area contributed by atoms with Crippen LogP contribution in [0.5, 0.6) is 17.2 Å². The molecule has 0 saturated carbocycles. The number of benzene rings is 2. The Labute approximate surface area is 168 Å². The van der Waals surface area contributed by atoms with E-state index in [4.69, 9.17) is 14.2 Å². The molecule has 3 N–H and O–H groups in total. The van der Waals surface area contributed by atoms with E-state index in [9.17, 15) is 14.7 Å². The highest BCUT2D eigenvalue weighted by atomic mass is 16.5. The van der Waals surface area contributed by atoms with Gasteiger partial charge in [0.1, 0.15) is 18.3 Å². The van der Waals surface area contributed by atoms with Crippen LogP contribution in [-0.2, 0) is 16.1 Å². The average Bonchev–Trinajstić information content (AvgIpc) is 2.72. The number of urea groups is 1. The van der Waals surface area contributed by atoms with Gasteiger partial charge in [-0.15, -0.1) is 0 Å². The second-order valence-electron chi connectivity index (χ2n) is 6.47. The number of amides is 2. The summed E-state index contributed by atoms with van der Waals surface area (Å²) in [6, 6.07) is 10.5. The van der Waals surface area contributed by atoms with E-state index in [0.717, 1.165) is 5.56 Å². The topological polar surface area (TPSA) is 106 Å². The third-order valence-electron chi connectivity index (χ3n) is 4.63. The lowest BCUT2D eigenvalue weighted by Crippen LogP contribution is -2.51. The molecule has 2 aromatic rings. The monoisotopic (exact) mass is 398 g/mol. The third kappa shape index (κ3) is 4.43. The van der Waals surface area contributed by atoms with Crippen LogP contribution in [0.4, 0.5) is 4.79 Å². The molecule has 8 heteroatoms. The summed E-state index contributed by atoms with van der Waals surface area (Å²) >= 11 is 0. The highest BCUT2D eigenvalue weighted by Crippen LogP contribution is 2.35. The lowest BCUT2D eigenvalue weighted by Gasteiger charge is -2.33. The molecule has 1 heterocycles. The van der Waals surface area contributed by atoms with E-state index in [1.165, 1.54) is 13.2 Å². The van der Waals surface area contributed by atoms with Gasteiger partial charge in [0.05, 0.1) is 20.3 Å². The van der Waals surface area contributed by atoms with Crippen molar-refractivity contribution in [2.75, 3.05) is 14.2 Å². The van der Waals surface area contributed by atoms with Gasteiger partial charge in [0, 0.05) is 5.70 Å². The Hall–Kier alpha value is -3.68. The van der Waals surface area contributed by atoms with Gasteiger partial charge in [-0.3, -0.25) is 4.79 Å². The predicted molar refractivity (Wildman–Crippen MR) is 104 cm³/mol. The van der Waals surface area contributed by atoms with E-state index in [2.05, 4.69) is 17.2 Å². The summed E-state index contributed by atoms with van der Waals surface area (Å²) in [6.45, 7) is 3.87. The van der Waals surface area contributed by atoms with E-state index in [-0.39, 0.29) is 23.8 Å². The molecule has 3 rings (SSSR count). The van der Waals surface area contributed by atoms with Crippen molar-refractivity contribution >= 4 is 12.0 Å². The summed E-state index contributed by atoms with van der Waals surface area (Å²) in [5.41, 5.74) is 1.59. The Kier molecular flexibility index (Phi) is 5.92. The maximum atomic E-state index is 12.8. The maximum absolute atomic E-state index is 12.8. The van der Waals surface area contributed by atoms with Crippen LogP contribution in [0.15, 0.2) is 54.7 Å². The molecule has 1 saturated heterocycles. The summed E-state index contributed by atoms with van der Waals surface area (Å²) in [4.78, 5) is 24.8. The number of ether oxygens (including phenoxy) is 3. The van der Waals surface area contributed by atoms with E-state index in [1.54, 1.807) is 43.5 Å². The molecule has 1 aliphatic heterocycles. The Balaban J connectivity index is 1.80. The Morgan fingerprint density at radius 2 is 1.86 bits per heavy atom. The van der Waals surface area contributed by atoms with E-state index < -0.39 is 24.0 Å². The van der Waals surface area contributed by atoms with Crippen molar-refractivity contribution in [1.82, 2.24) is 10.6 Å². The van der Waals surface area contributed by atoms with Gasteiger partial charge in [-0.25, -0.2) is 4.79 Å². The molecule has 0 bridgehead atoms. The zero-order valence-electron chi connectivity index (χ0n) is 16.1. The Morgan fingerprint density at radius 3 is 2.52 bits per heavy atom. The van der Waals surface area contributed by atoms with Gasteiger partial charge in [-0.2, -0.15) is 0 Å². The number of hydrogen-bond donors (Lipinski definition) is 3. The number of aromatic hydroxyl groups is 1. The van der Waals surface area contributed by atoms with Crippen LogP contribution >= 0.6 is 0 Å². The molecule has 2 atom stereocenters. The molecule has 1 fully saturated rings. The molecule has 0 aliphatic carbocycles. The van der Waals surface area contributed by atoms with Crippen LogP contribution in [0.1, 0.15) is 17.2 Å². The van der Waals surface area contributed by atoms with Gasteiger partial charge < -0.3 is 30.0 Å². The maximum Gasteiger partial charge on any atom is 0.319 e. The highest BCUT2D eigenvalue weighted by Gasteiger charge is 2.39. The van der Waals surface area contributed by atoms with E-state index in [1.807, 2.05) is 0 Å². The van der Waals surface area contributed by atoms with Gasteiger partial charge in [0.15, 0.2) is 11.5 Å². The Morgan fingerprint density at radius 1 is 1.14 bits per heavy atom. The van der Waals surface area contributed by atoms with Gasteiger partial charge in [0.2, 0.25) is 0 Å². The predicted octanol–water partition coefficient (Wildman–Crippen LogP) is 2.64. The van der Waals surface area contributed by atoms with Crippen molar-refractivity contribution in [2.24, 2.45) is 5.92 Å². The fraction of sp³-hybridized carbons (Fsp3) is 0.238. The normalized spacial score (nSPS) is 18.4. The molecular formula is C21H22N2O6. The number of carbonyl (C=O) groups excluding carboxylic acids is 2. The minimum Gasteiger partial charge on any atom is -0.504 e. The molecule has 0 aromatic heterocycles. The first kappa shape index (κ1) is 20.1. The average molecular weight is 398 g/mol. The zero-order valence-corrected chi connectivity index (χ0v) is 16.1. The molecule has 0 radical (unpaired) electrons. The SMILES string of the molecule is C=C1NC(=O)NC(c2ccc(O)c(OC)c2)C1C(=O)OCc1ccc(OC)cc1. The number of phenolic OH excluding ortho intramolecular Hbond substituents is 1. The minimum atomic E-state index is -0.861. The molecule has 29 heavy (non-hydrogen) atoms. The van der Waals surface area contributed by atoms with Crippen LogP contribution in [0.25, 0.3) is 0 Å². The second-order valence-corrected chi connectivity index (χ2v) is 6.47. The number of carbonyl (C=O) groups is 2. The second kappa shape index (κ2) is 8.55. The highest BCUT2D eigenvalue weighted by molar-refractivity contribution is 5.85. The smallest absolute Gasteiger partial charge is 0.319 e. The molecular weight excluding hydrogens is 376 g/mol. The fourth-order valence-electron chi connectivity index (χ4n) is 3.09. The number of esters is 1. The lowest BCUT2D eigenvalue weighted by molar-refractivity contribution is -0.149. The number of rotatable bonds is 6. The summed E-state index contributed by atoms with van der Waals surface area (Å²) in [7, 11) is 2.99. The van der Waals surface area contributed by atoms with Crippen LogP contribution in [0.2, 0.25) is 0 Å². The van der Waals surface area contributed by atoms with Crippen LogP contribution < -0.4 is 20.1 Å². The summed E-state index contributed by atoms with van der Waals surface area (Å²) in [6.07, 6.45) is 0. The van der Waals surface area contributed by atoms with Crippen molar-refractivity contribution in [1.29, 1.82) is 0 Å². The number of nitrogens with one attached hydrogen (secondary N) is 2. The van der Waals surface area contributed by atoms with Crippen molar-refractivity contribution in [3.63, 3.8) is 0 Å². The zero-order chi connectivity index (χ0) is 21.0. The lowest BCUT2D eigenvalue weighted by atomic mass is 9.89. The molecule has 8 nitrogen and oxygen atoms in total. The standard InChI is InChI=1S/C21H22N2O6/c1-12-18(20(25)29-11-13-4-7-15(27-2)8-5-13)19(23-21(26)22-12)14-6-9-16(24)17(10-14)28-3/h4-10,18-19,24H,1,11H2,2-3H3,(H2,22,23,26). The van der Waals surface area contributed by atoms with Gasteiger partial charge in [0.25, 0.3) is 0 Å². The minimum absolute atomic E-state index is 0.0473. The number of phenols is 1. The van der Waals surface area contributed by atoms with Crippen molar-refractivity contribution in [3.05, 3.63) is 65.9 Å². The molecule has 2 amide bonds. The van der Waals surface area contributed by atoms with E-state index in [0.29, 0.717) is 11.3 Å². The van der Waals surface area contributed by atoms with Gasteiger partial charge >= 0.3 is 12.0 Å². The largest absolute Gasteiger partial charge is 0.504 e. The van der Waals surface area contributed by atoms with Gasteiger partial charge in [-0.05, 0) is 35.4 Å². The van der Waals surface area contributed by atoms with Crippen LogP contribution in [0, 0.1) is 5.92 Å². The summed E-state index contributed by atoms with van der Waals surface area (Å²) in [5.74, 6) is -0.523. The Bertz CT molecular complexity index is 925. The summed E-state index contributed by atoms with van der Waals surface area (Å²) in [5, 5.41) is 15.1. The first-order chi connectivity index (χ1) is 13.9. The first-order valence-electron chi connectivity index (χ1n) is 8.85.